The molecule has 1 amide bonds. The molecule has 8 heteroatoms. The van der Waals surface area contributed by atoms with Crippen LogP contribution in [0.3, 0.4) is 0 Å². The summed E-state index contributed by atoms with van der Waals surface area (Å²) in [6, 6.07) is 1.53. The number of amides is 1. The molecule has 1 aliphatic heterocycles. The third-order valence-corrected chi connectivity index (χ3v) is 4.73. The normalized spacial score (nSPS) is 16.1. The molecule has 0 saturated carbocycles. The fourth-order valence-corrected chi connectivity index (χ4v) is 3.49. The summed E-state index contributed by atoms with van der Waals surface area (Å²) in [7, 11) is 0. The zero-order valence-corrected chi connectivity index (χ0v) is 15.3. The van der Waals surface area contributed by atoms with Crippen molar-refractivity contribution in [2.45, 2.75) is 45.1 Å². The lowest BCUT2D eigenvalue weighted by Gasteiger charge is -2.33. The van der Waals surface area contributed by atoms with Gasteiger partial charge in [-0.3, -0.25) is 4.98 Å². The van der Waals surface area contributed by atoms with Crippen molar-refractivity contribution in [3.63, 3.8) is 0 Å². The maximum absolute atomic E-state index is 13.8. The minimum atomic E-state index is -0.509. The van der Waals surface area contributed by atoms with Crippen molar-refractivity contribution in [1.29, 1.82) is 0 Å². The van der Waals surface area contributed by atoms with Gasteiger partial charge in [0.15, 0.2) is 5.01 Å². The van der Waals surface area contributed by atoms with Gasteiger partial charge in [-0.25, -0.2) is 9.18 Å². The molecule has 1 fully saturated rings. The van der Waals surface area contributed by atoms with Crippen LogP contribution in [0.15, 0.2) is 17.8 Å². The Hall–Kier alpha value is -2.09. The Labute approximate surface area is 150 Å². The molecule has 3 heterocycles. The summed E-state index contributed by atoms with van der Waals surface area (Å²) in [5.41, 5.74) is 2.64. The van der Waals surface area contributed by atoms with Crippen LogP contribution in [0.25, 0.3) is 10.7 Å². The summed E-state index contributed by atoms with van der Waals surface area (Å²) in [6.07, 6.45) is 2.37. The van der Waals surface area contributed by atoms with E-state index in [0.717, 1.165) is 18.4 Å². The van der Waals surface area contributed by atoms with E-state index in [1.165, 1.54) is 23.6 Å². The predicted octanol–water partition coefficient (Wildman–Crippen LogP) is 3.85. The van der Waals surface area contributed by atoms with Crippen LogP contribution in [0.2, 0.25) is 0 Å². The summed E-state index contributed by atoms with van der Waals surface area (Å²) in [5, 5.41) is 8.58. The molecule has 2 aromatic rings. The molecule has 25 heavy (non-hydrogen) atoms. The Morgan fingerprint density at radius 1 is 1.36 bits per heavy atom. The van der Waals surface area contributed by atoms with Gasteiger partial charge in [-0.2, -0.15) is 0 Å². The molecule has 0 aromatic carbocycles. The monoisotopic (exact) mass is 364 g/mol. The first-order chi connectivity index (χ1) is 11.8. The van der Waals surface area contributed by atoms with Crippen LogP contribution in [0.5, 0.6) is 0 Å². The molecule has 6 nitrogen and oxygen atoms in total. The van der Waals surface area contributed by atoms with Gasteiger partial charge in [0, 0.05) is 13.1 Å². The van der Waals surface area contributed by atoms with Crippen LogP contribution in [0.4, 0.5) is 9.18 Å². The van der Waals surface area contributed by atoms with E-state index in [-0.39, 0.29) is 17.8 Å². The number of nitrogens with zero attached hydrogens (tertiary/aromatic N) is 4. The molecule has 2 aromatic heterocycles. The second-order valence-corrected chi connectivity index (χ2v) is 7.91. The zero-order chi connectivity index (χ0) is 18.0. The fraction of sp³-hybridized carbons (Fsp3) is 0.529. The van der Waals surface area contributed by atoms with Crippen LogP contribution in [-0.4, -0.2) is 44.9 Å². The van der Waals surface area contributed by atoms with E-state index in [4.69, 9.17) is 4.74 Å². The number of hydrogen-bond donors (Lipinski definition) is 0. The van der Waals surface area contributed by atoms with E-state index in [9.17, 15) is 9.18 Å². The smallest absolute Gasteiger partial charge is 0.410 e. The number of aromatic nitrogens is 3. The molecule has 0 N–H and O–H groups in total. The minimum absolute atomic E-state index is 0.126. The molecular formula is C17H21FN4O2S. The maximum Gasteiger partial charge on any atom is 0.410 e. The average Bonchev–Trinajstić information content (AvgIpc) is 3.07. The molecule has 0 aliphatic carbocycles. The number of hydrogen-bond acceptors (Lipinski definition) is 6. The summed E-state index contributed by atoms with van der Waals surface area (Å²) >= 11 is 1.38. The highest BCUT2D eigenvalue weighted by atomic mass is 32.1. The lowest BCUT2D eigenvalue weighted by Crippen LogP contribution is -2.41. The molecule has 0 bridgehead atoms. The van der Waals surface area contributed by atoms with Crippen molar-refractivity contribution in [2.75, 3.05) is 13.1 Å². The van der Waals surface area contributed by atoms with Crippen molar-refractivity contribution in [3.05, 3.63) is 29.2 Å². The summed E-state index contributed by atoms with van der Waals surface area (Å²) < 4.78 is 19.2. The SMILES string of the molecule is CC(C)(C)OC(=O)N1CCC(c2cc(F)cnc2-c2nncs2)CC1. The van der Waals surface area contributed by atoms with Crippen molar-refractivity contribution in [3.8, 4) is 10.7 Å². The largest absolute Gasteiger partial charge is 0.444 e. The number of carbonyl (C=O) groups excluding carboxylic acids is 1. The van der Waals surface area contributed by atoms with E-state index in [2.05, 4.69) is 15.2 Å². The van der Waals surface area contributed by atoms with E-state index < -0.39 is 5.60 Å². The van der Waals surface area contributed by atoms with Crippen LogP contribution in [0.1, 0.15) is 45.1 Å². The van der Waals surface area contributed by atoms with E-state index >= 15 is 0 Å². The number of halogens is 1. The number of ether oxygens (including phenoxy) is 1. The van der Waals surface area contributed by atoms with Gasteiger partial charge in [0.25, 0.3) is 0 Å². The Bertz CT molecular complexity index is 738. The van der Waals surface area contributed by atoms with Crippen LogP contribution < -0.4 is 0 Å². The quantitative estimate of drug-likeness (QED) is 0.809. The highest BCUT2D eigenvalue weighted by Crippen LogP contribution is 2.35. The third kappa shape index (κ3) is 4.31. The Morgan fingerprint density at radius 3 is 2.68 bits per heavy atom. The molecule has 0 spiro atoms. The maximum atomic E-state index is 13.8. The fourth-order valence-electron chi connectivity index (χ4n) is 2.92. The van der Waals surface area contributed by atoms with E-state index in [1.807, 2.05) is 20.8 Å². The molecule has 0 unspecified atom stereocenters. The molecule has 1 aliphatic rings. The lowest BCUT2D eigenvalue weighted by molar-refractivity contribution is 0.0205. The number of likely N-dealkylation sites (tertiary alicyclic amines) is 1. The van der Waals surface area contributed by atoms with Gasteiger partial charge in [-0.15, -0.1) is 10.2 Å². The molecule has 1 saturated heterocycles. The van der Waals surface area contributed by atoms with E-state index in [1.54, 1.807) is 10.4 Å². The van der Waals surface area contributed by atoms with Gasteiger partial charge in [0.05, 0.1) is 6.20 Å². The van der Waals surface area contributed by atoms with Crippen molar-refractivity contribution >= 4 is 17.4 Å². The second kappa shape index (κ2) is 7.03. The number of carbonyl (C=O) groups is 1. The predicted molar refractivity (Wildman–Crippen MR) is 92.9 cm³/mol. The molecule has 3 rings (SSSR count). The first kappa shape index (κ1) is 17.7. The highest BCUT2D eigenvalue weighted by Gasteiger charge is 2.29. The van der Waals surface area contributed by atoms with Crippen molar-refractivity contribution in [1.82, 2.24) is 20.1 Å². The topological polar surface area (TPSA) is 68.2 Å². The molecular weight excluding hydrogens is 343 g/mol. The third-order valence-electron chi connectivity index (χ3n) is 4.03. The van der Waals surface area contributed by atoms with Crippen LogP contribution in [0, 0.1) is 5.82 Å². The van der Waals surface area contributed by atoms with Crippen LogP contribution in [-0.2, 0) is 4.74 Å². The molecule has 0 radical (unpaired) electrons. The average molecular weight is 364 g/mol. The molecule has 134 valence electrons. The van der Waals surface area contributed by atoms with Crippen molar-refractivity contribution in [2.24, 2.45) is 0 Å². The molecule has 0 atom stereocenters. The minimum Gasteiger partial charge on any atom is -0.444 e. The van der Waals surface area contributed by atoms with Gasteiger partial charge in [-0.1, -0.05) is 11.3 Å². The highest BCUT2D eigenvalue weighted by molar-refractivity contribution is 7.12. The standard InChI is InChI=1S/C17H21FN4O2S/c1-17(2,3)24-16(23)22-6-4-11(5-7-22)13-8-12(18)9-19-14(13)15-21-20-10-25-15/h8-11H,4-7H2,1-3H3. The van der Waals surface area contributed by atoms with Crippen molar-refractivity contribution < 1.29 is 13.9 Å². The summed E-state index contributed by atoms with van der Waals surface area (Å²) in [5.74, 6) is -0.237. The van der Waals surface area contributed by atoms with Gasteiger partial charge in [-0.05, 0) is 51.2 Å². The van der Waals surface area contributed by atoms with Gasteiger partial charge >= 0.3 is 6.09 Å². The Kier molecular flexibility index (Phi) is 4.99. The first-order valence-corrected chi connectivity index (χ1v) is 9.11. The Balaban J connectivity index is 1.73. The van der Waals surface area contributed by atoms with E-state index in [0.29, 0.717) is 23.8 Å². The summed E-state index contributed by atoms with van der Waals surface area (Å²) in [4.78, 5) is 18.1. The van der Waals surface area contributed by atoms with Crippen LogP contribution >= 0.6 is 11.3 Å². The first-order valence-electron chi connectivity index (χ1n) is 8.23. The number of piperidine rings is 1. The van der Waals surface area contributed by atoms with Gasteiger partial charge < -0.3 is 9.64 Å². The van der Waals surface area contributed by atoms with Gasteiger partial charge in [0.1, 0.15) is 22.6 Å². The summed E-state index contributed by atoms with van der Waals surface area (Å²) in [6.45, 7) is 6.70. The second-order valence-electron chi connectivity index (χ2n) is 7.08. The zero-order valence-electron chi connectivity index (χ0n) is 14.5. The van der Waals surface area contributed by atoms with Gasteiger partial charge in [0.2, 0.25) is 0 Å². The number of rotatable bonds is 2. The number of pyridine rings is 1. The lowest BCUT2D eigenvalue weighted by atomic mass is 9.88. The Morgan fingerprint density at radius 2 is 2.08 bits per heavy atom.